The first-order chi connectivity index (χ1) is 60.0. The predicted octanol–water partition coefficient (Wildman–Crippen LogP) is 33.0. The second-order valence-electron chi connectivity index (χ2n) is 35.6. The Balaban J connectivity index is 0.0000000964. The van der Waals surface area contributed by atoms with Gasteiger partial charge in [-0.25, -0.2) is 0 Å². The Morgan fingerprint density at radius 3 is 0.764 bits per heavy atom. The highest BCUT2D eigenvalue weighted by atomic mass is 14.3. The van der Waals surface area contributed by atoms with E-state index in [-0.39, 0.29) is 0 Å². The van der Waals surface area contributed by atoms with Gasteiger partial charge >= 0.3 is 0 Å². The average Bonchev–Trinajstić information content (AvgIpc) is 1.53. The van der Waals surface area contributed by atoms with E-state index in [1.165, 1.54) is 276 Å². The summed E-state index contributed by atoms with van der Waals surface area (Å²) >= 11 is 0. The average molecular weight is 1580 g/mol. The molecule has 0 amide bonds. The van der Waals surface area contributed by atoms with Gasteiger partial charge in [-0.05, 0) is 351 Å². The molecule has 0 aromatic heterocycles. The van der Waals surface area contributed by atoms with Crippen molar-refractivity contribution >= 4 is 64.6 Å². The second kappa shape index (κ2) is 31.2. The molecule has 5 aliphatic rings. The largest absolute Gasteiger partial charge is 0.0616 e. The van der Waals surface area contributed by atoms with Crippen molar-refractivity contribution in [3.8, 4) is 100 Å². The molecule has 0 atom stereocenters. The number of hydrogen-bond acceptors (Lipinski definition) is 0. The molecule has 0 radical (unpaired) electrons. The van der Waals surface area contributed by atoms with Gasteiger partial charge in [0.2, 0.25) is 0 Å². The van der Waals surface area contributed by atoms with E-state index in [0.29, 0.717) is 0 Å². The SMILES string of the molecule is Cc1ccc(-c2ccc3c(c2)Cc2cc(C)ccc2-3)cc1.Cc1ccc2c(c1)Cc1cc(-c3c4ccccc4c(C)c4cc5ccccc5cc34)ccc1-2.Cc1ccc2c(c1)Cc1cc(-c3c4ccccc4c(C)c4ccccc34)ccc1-2.Cc1ccc2c(c1)Cc1cc(-c3ccc(C)c4ccccc34)ccc1-2.Cc1ccc2c(c1)Cc1cc(C)ccc1-2. The summed E-state index contributed by atoms with van der Waals surface area (Å²) in [7, 11) is 0. The van der Waals surface area contributed by atoms with Gasteiger partial charge in [-0.1, -0.05) is 379 Å². The van der Waals surface area contributed by atoms with Crippen LogP contribution in [0.1, 0.15) is 111 Å². The molecule has 5 aliphatic carbocycles. The smallest absolute Gasteiger partial charge is 0.00131 e. The highest BCUT2D eigenvalue weighted by Crippen LogP contribution is 2.49. The topological polar surface area (TPSA) is 0 Å². The van der Waals surface area contributed by atoms with Crippen molar-refractivity contribution in [2.45, 2.75) is 101 Å². The standard InChI is InChI=1S/C33H24.C29H22.C25H20.C21H18.C15H14/c1-20-11-13-28-25(15-20)17-26-16-24(12-14-29(26)28)33-30-10-6-5-9-27(30)21(2)31-18-22-7-3-4-8-23(22)19-32(31)33;1-18-11-13-25-21(15-18)17-22-16-20(12-14-26(22)25)29-27-9-5-3-7-23(27)19(2)24-8-4-6-10-28(24)29;1-16-7-10-23-19(13-16)15-20-14-18(9-12-24(20)23)22-11-8-17(2)21-5-3-4-6-25(21)22;1-14-3-6-16(7-4-14)17-8-10-21-19(12-17)13-18-11-15(2)5-9-20(18)21;1-10-3-5-14-12(7-10)9-13-8-11(2)4-6-15(13)14/h3-16,18-19H,17H2,1-2H3;3-16H,17H2,1-2H3;3-14H,15H2,1-2H3;3-12H,13H2,1-2H3;3-8H,9H2,1-2H3. The summed E-state index contributed by atoms with van der Waals surface area (Å²) < 4.78 is 0. The van der Waals surface area contributed by atoms with Crippen LogP contribution in [0.5, 0.6) is 0 Å². The molecular weight excluding hydrogens is 1480 g/mol. The molecule has 123 heavy (non-hydrogen) atoms. The Kier molecular flexibility index (Phi) is 19.4. The summed E-state index contributed by atoms with van der Waals surface area (Å²) in [5.74, 6) is 0. The van der Waals surface area contributed by atoms with Gasteiger partial charge in [0, 0.05) is 0 Å². The van der Waals surface area contributed by atoms with Gasteiger partial charge in [-0.3, -0.25) is 0 Å². The minimum absolute atomic E-state index is 1.02. The van der Waals surface area contributed by atoms with Crippen LogP contribution in [0.4, 0.5) is 0 Å². The van der Waals surface area contributed by atoms with Gasteiger partial charge in [0.1, 0.15) is 0 Å². The quantitative estimate of drug-likeness (QED) is 0.154. The molecule has 0 aliphatic heterocycles. The molecule has 0 spiro atoms. The fourth-order valence-corrected chi connectivity index (χ4v) is 21.0. The van der Waals surface area contributed by atoms with Crippen LogP contribution in [-0.4, -0.2) is 0 Å². The highest BCUT2D eigenvalue weighted by molar-refractivity contribution is 6.19. The van der Waals surface area contributed by atoms with Crippen LogP contribution in [0, 0.1) is 69.2 Å². The van der Waals surface area contributed by atoms with Crippen molar-refractivity contribution in [1.82, 2.24) is 0 Å². The van der Waals surface area contributed by atoms with E-state index in [0.717, 1.165) is 32.1 Å². The number of hydrogen-bond donors (Lipinski definition) is 0. The number of rotatable bonds is 4. The van der Waals surface area contributed by atoms with E-state index in [4.69, 9.17) is 0 Å². The zero-order chi connectivity index (χ0) is 83.4. The van der Waals surface area contributed by atoms with E-state index < -0.39 is 0 Å². The van der Waals surface area contributed by atoms with Crippen molar-refractivity contribution in [1.29, 1.82) is 0 Å². The van der Waals surface area contributed by atoms with Gasteiger partial charge < -0.3 is 0 Å². The molecular formula is C123H98. The second-order valence-corrected chi connectivity index (χ2v) is 35.6. The Bertz CT molecular complexity index is 7630. The highest BCUT2D eigenvalue weighted by Gasteiger charge is 2.27. The summed E-state index contributed by atoms with van der Waals surface area (Å²) in [6, 6.07) is 131. The maximum Gasteiger partial charge on any atom is -0.00131 e. The summed E-state index contributed by atoms with van der Waals surface area (Å²) in [4.78, 5) is 0. The third kappa shape index (κ3) is 14.0. The van der Waals surface area contributed by atoms with Crippen LogP contribution in [-0.2, 0) is 32.1 Å². The number of aryl methyl sites for hydroxylation is 10. The zero-order valence-corrected chi connectivity index (χ0v) is 72.0. The first-order valence-corrected chi connectivity index (χ1v) is 43.9. The molecule has 0 unspecified atom stereocenters. The molecule has 0 saturated heterocycles. The summed E-state index contributed by atoms with van der Waals surface area (Å²) in [5, 5.41) is 16.0. The minimum Gasteiger partial charge on any atom is -0.0616 e. The van der Waals surface area contributed by atoms with Crippen LogP contribution in [0.2, 0.25) is 0 Å². The van der Waals surface area contributed by atoms with Gasteiger partial charge in [0.25, 0.3) is 0 Å². The zero-order valence-electron chi connectivity index (χ0n) is 72.0. The van der Waals surface area contributed by atoms with Crippen molar-refractivity contribution < 1.29 is 0 Å². The van der Waals surface area contributed by atoms with E-state index >= 15 is 0 Å². The Morgan fingerprint density at radius 2 is 0.390 bits per heavy atom. The molecule has 0 bridgehead atoms. The van der Waals surface area contributed by atoms with E-state index in [1.807, 2.05) is 0 Å². The molecule has 0 saturated carbocycles. The van der Waals surface area contributed by atoms with Gasteiger partial charge in [0.05, 0.1) is 0 Å². The molecule has 0 heteroatoms. The molecule has 590 valence electrons. The molecule has 25 rings (SSSR count). The minimum atomic E-state index is 1.02. The molecule has 0 nitrogen and oxygen atoms in total. The van der Waals surface area contributed by atoms with E-state index in [9.17, 15) is 0 Å². The summed E-state index contributed by atoms with van der Waals surface area (Å²) in [5.41, 5.74) is 52.7. The van der Waals surface area contributed by atoms with Crippen LogP contribution in [0.15, 0.2) is 352 Å². The van der Waals surface area contributed by atoms with Crippen molar-refractivity contribution in [2.75, 3.05) is 0 Å². The monoisotopic (exact) mass is 1570 g/mol. The van der Waals surface area contributed by atoms with Crippen LogP contribution in [0.25, 0.3) is 165 Å². The van der Waals surface area contributed by atoms with Crippen LogP contribution >= 0.6 is 0 Å². The van der Waals surface area contributed by atoms with Gasteiger partial charge in [-0.2, -0.15) is 0 Å². The Morgan fingerprint density at radius 1 is 0.146 bits per heavy atom. The lowest BCUT2D eigenvalue weighted by molar-refractivity contribution is 1.24. The lowest BCUT2D eigenvalue weighted by atomic mass is 9.87. The third-order valence-corrected chi connectivity index (χ3v) is 27.1. The number of benzene rings is 20. The lowest BCUT2D eigenvalue weighted by Crippen LogP contribution is -1.91. The maximum absolute atomic E-state index is 2.44. The van der Waals surface area contributed by atoms with E-state index in [1.54, 1.807) is 0 Å². The van der Waals surface area contributed by atoms with Crippen molar-refractivity contribution in [2.24, 2.45) is 0 Å². The fraction of sp³-hybridized carbons (Fsp3) is 0.122. The molecule has 20 aromatic carbocycles. The predicted molar refractivity (Wildman–Crippen MR) is 528 cm³/mol. The Hall–Kier alpha value is -14.0. The fourth-order valence-electron chi connectivity index (χ4n) is 21.0. The van der Waals surface area contributed by atoms with Crippen LogP contribution in [0.3, 0.4) is 0 Å². The summed E-state index contributed by atoms with van der Waals surface area (Å²) in [6.07, 6.45) is 5.26. The maximum atomic E-state index is 2.44. The first kappa shape index (κ1) is 76.4. The van der Waals surface area contributed by atoms with Crippen LogP contribution < -0.4 is 0 Å². The van der Waals surface area contributed by atoms with E-state index in [2.05, 4.69) is 421 Å². The van der Waals surface area contributed by atoms with Gasteiger partial charge in [-0.15, -0.1) is 0 Å². The molecule has 0 fully saturated rings. The van der Waals surface area contributed by atoms with Crippen molar-refractivity contribution in [3.05, 3.63) is 463 Å². The number of fused-ring (bicyclic) bond motifs is 21. The van der Waals surface area contributed by atoms with Crippen molar-refractivity contribution in [3.63, 3.8) is 0 Å². The summed E-state index contributed by atoms with van der Waals surface area (Å²) in [6.45, 7) is 21.9. The lowest BCUT2D eigenvalue weighted by Gasteiger charge is -2.17. The molecule has 0 N–H and O–H groups in total. The normalized spacial score (nSPS) is 12.3. The third-order valence-electron chi connectivity index (χ3n) is 27.1. The van der Waals surface area contributed by atoms with Gasteiger partial charge in [0.15, 0.2) is 0 Å². The molecule has 20 aromatic rings. The molecule has 0 heterocycles. The first-order valence-electron chi connectivity index (χ1n) is 43.9. The Labute approximate surface area is 724 Å².